The van der Waals surface area contributed by atoms with Crippen LogP contribution < -0.4 is 5.32 Å². The van der Waals surface area contributed by atoms with Crippen LogP contribution in [0.3, 0.4) is 0 Å². The molecule has 2 aromatic carbocycles. The van der Waals surface area contributed by atoms with Gasteiger partial charge >= 0.3 is 0 Å². The molecular weight excluding hydrogens is 409 g/mol. The summed E-state index contributed by atoms with van der Waals surface area (Å²) >= 11 is 0. The first-order chi connectivity index (χ1) is 14.2. The molecule has 1 aliphatic heterocycles. The average Bonchev–Trinajstić information content (AvgIpc) is 2.74. The maximum atomic E-state index is 13.6. The minimum atomic E-state index is -3.70. The van der Waals surface area contributed by atoms with Crippen LogP contribution in [0.15, 0.2) is 47.4 Å². The summed E-state index contributed by atoms with van der Waals surface area (Å²) < 4.78 is 40.5. The fraction of sp³-hybridized carbons (Fsp3) is 0.333. The van der Waals surface area contributed by atoms with Crippen LogP contribution >= 0.6 is 0 Å². The number of nitrogens with one attached hydrogen (secondary N) is 1. The maximum Gasteiger partial charge on any atom is 0.251 e. The molecule has 0 spiro atoms. The number of halogens is 1. The molecule has 1 saturated heterocycles. The van der Waals surface area contributed by atoms with Crippen molar-refractivity contribution in [2.24, 2.45) is 0 Å². The molecule has 1 fully saturated rings. The lowest BCUT2D eigenvalue weighted by Crippen LogP contribution is -2.49. The Labute approximate surface area is 175 Å². The molecule has 1 aliphatic rings. The van der Waals surface area contributed by atoms with E-state index in [-0.39, 0.29) is 42.2 Å². The van der Waals surface area contributed by atoms with Gasteiger partial charge in [-0.25, -0.2) is 12.8 Å². The summed E-state index contributed by atoms with van der Waals surface area (Å²) in [4.78, 5) is 25.4. The summed E-state index contributed by atoms with van der Waals surface area (Å²) in [5.74, 6) is -0.786. The Morgan fingerprint density at radius 2 is 1.67 bits per heavy atom. The number of sulfonamides is 1. The van der Waals surface area contributed by atoms with E-state index in [1.54, 1.807) is 24.0 Å². The van der Waals surface area contributed by atoms with E-state index in [1.807, 2.05) is 0 Å². The topological polar surface area (TPSA) is 86.8 Å². The van der Waals surface area contributed by atoms with Gasteiger partial charge in [0, 0.05) is 45.2 Å². The standard InChI is InChI=1S/C21H24FN3O4S/c1-15-3-4-17(13-20(15)22)14-23-21(27)18-5-7-19(8-6-18)30(28,29)25-11-9-24(10-12-25)16(2)26/h3-8,13H,9-12,14H2,1-2H3,(H,23,27). The van der Waals surface area contributed by atoms with E-state index >= 15 is 0 Å². The smallest absolute Gasteiger partial charge is 0.251 e. The van der Waals surface area contributed by atoms with Crippen LogP contribution in [0.2, 0.25) is 0 Å². The molecule has 0 aromatic heterocycles. The highest BCUT2D eigenvalue weighted by Crippen LogP contribution is 2.18. The van der Waals surface area contributed by atoms with Crippen molar-refractivity contribution in [1.82, 2.24) is 14.5 Å². The van der Waals surface area contributed by atoms with Crippen molar-refractivity contribution in [2.45, 2.75) is 25.3 Å². The van der Waals surface area contributed by atoms with Gasteiger partial charge < -0.3 is 10.2 Å². The van der Waals surface area contributed by atoms with Gasteiger partial charge in [0.05, 0.1) is 4.90 Å². The second kappa shape index (κ2) is 8.93. The highest BCUT2D eigenvalue weighted by Gasteiger charge is 2.29. The van der Waals surface area contributed by atoms with Crippen molar-refractivity contribution in [1.29, 1.82) is 0 Å². The third-order valence-corrected chi connectivity index (χ3v) is 7.04. The van der Waals surface area contributed by atoms with E-state index in [4.69, 9.17) is 0 Å². The molecule has 7 nitrogen and oxygen atoms in total. The molecule has 0 bridgehead atoms. The van der Waals surface area contributed by atoms with Crippen LogP contribution in [-0.2, 0) is 21.4 Å². The molecule has 0 unspecified atom stereocenters. The normalized spacial score (nSPS) is 15.1. The molecule has 1 heterocycles. The molecule has 0 aliphatic carbocycles. The number of carbonyl (C=O) groups excluding carboxylic acids is 2. The number of nitrogens with zero attached hydrogens (tertiary/aromatic N) is 2. The van der Waals surface area contributed by atoms with Crippen molar-refractivity contribution < 1.29 is 22.4 Å². The predicted octanol–water partition coefficient (Wildman–Crippen LogP) is 1.92. The molecule has 2 amide bonds. The maximum absolute atomic E-state index is 13.6. The van der Waals surface area contributed by atoms with Gasteiger partial charge in [-0.15, -0.1) is 0 Å². The Balaban J connectivity index is 1.63. The molecular formula is C21H24FN3O4S. The van der Waals surface area contributed by atoms with Gasteiger partial charge in [-0.3, -0.25) is 9.59 Å². The summed E-state index contributed by atoms with van der Waals surface area (Å²) in [6.07, 6.45) is 0. The van der Waals surface area contributed by atoms with Crippen LogP contribution in [0.25, 0.3) is 0 Å². The Bertz CT molecular complexity index is 1050. The lowest BCUT2D eigenvalue weighted by molar-refractivity contribution is -0.129. The molecule has 0 saturated carbocycles. The van der Waals surface area contributed by atoms with Gasteiger partial charge in [0.25, 0.3) is 5.91 Å². The SMILES string of the molecule is CC(=O)N1CCN(S(=O)(=O)c2ccc(C(=O)NCc3ccc(C)c(F)c3)cc2)CC1. The second-order valence-electron chi connectivity index (χ2n) is 7.20. The van der Waals surface area contributed by atoms with Crippen LogP contribution in [0, 0.1) is 12.7 Å². The molecule has 1 N–H and O–H groups in total. The summed E-state index contributed by atoms with van der Waals surface area (Å²) in [6, 6.07) is 10.4. The number of carbonyl (C=O) groups is 2. The zero-order valence-corrected chi connectivity index (χ0v) is 17.7. The molecule has 9 heteroatoms. The Morgan fingerprint density at radius 3 is 2.23 bits per heavy atom. The zero-order valence-electron chi connectivity index (χ0n) is 16.9. The summed E-state index contributed by atoms with van der Waals surface area (Å²) in [6.45, 7) is 4.47. The number of rotatable bonds is 5. The Morgan fingerprint density at radius 1 is 1.03 bits per heavy atom. The van der Waals surface area contributed by atoms with E-state index in [0.717, 1.165) is 0 Å². The zero-order chi connectivity index (χ0) is 21.9. The van der Waals surface area contributed by atoms with E-state index in [0.29, 0.717) is 29.8 Å². The van der Waals surface area contributed by atoms with Gasteiger partial charge in [-0.1, -0.05) is 12.1 Å². The van der Waals surface area contributed by atoms with Gasteiger partial charge in [0.2, 0.25) is 15.9 Å². The van der Waals surface area contributed by atoms with E-state index in [2.05, 4.69) is 5.32 Å². The minimum absolute atomic E-state index is 0.0733. The number of benzene rings is 2. The third kappa shape index (κ3) is 4.85. The minimum Gasteiger partial charge on any atom is -0.348 e. The molecule has 30 heavy (non-hydrogen) atoms. The third-order valence-electron chi connectivity index (χ3n) is 5.13. The van der Waals surface area contributed by atoms with Crippen molar-refractivity contribution in [3.8, 4) is 0 Å². The van der Waals surface area contributed by atoms with Crippen molar-refractivity contribution in [2.75, 3.05) is 26.2 Å². The first-order valence-corrected chi connectivity index (χ1v) is 11.0. The van der Waals surface area contributed by atoms with Gasteiger partial charge in [0.1, 0.15) is 5.82 Å². The first-order valence-electron chi connectivity index (χ1n) is 9.57. The molecule has 160 valence electrons. The molecule has 0 atom stereocenters. The molecule has 3 rings (SSSR count). The van der Waals surface area contributed by atoms with Gasteiger partial charge in [0.15, 0.2) is 0 Å². The molecule has 2 aromatic rings. The van der Waals surface area contributed by atoms with Gasteiger partial charge in [-0.05, 0) is 48.4 Å². The number of hydrogen-bond donors (Lipinski definition) is 1. The van der Waals surface area contributed by atoms with Crippen LogP contribution in [0.5, 0.6) is 0 Å². The molecule has 0 radical (unpaired) electrons. The first kappa shape index (κ1) is 21.9. The number of piperazine rings is 1. The lowest BCUT2D eigenvalue weighted by Gasteiger charge is -2.33. The number of amides is 2. The van der Waals surface area contributed by atoms with E-state index in [9.17, 15) is 22.4 Å². The number of hydrogen-bond acceptors (Lipinski definition) is 4. The second-order valence-corrected chi connectivity index (χ2v) is 9.14. The monoisotopic (exact) mass is 433 g/mol. The quantitative estimate of drug-likeness (QED) is 0.781. The highest BCUT2D eigenvalue weighted by molar-refractivity contribution is 7.89. The van der Waals surface area contributed by atoms with Crippen molar-refractivity contribution in [3.63, 3.8) is 0 Å². The largest absolute Gasteiger partial charge is 0.348 e. The summed E-state index contributed by atoms with van der Waals surface area (Å²) in [7, 11) is -3.70. The fourth-order valence-corrected chi connectivity index (χ4v) is 4.62. The van der Waals surface area contributed by atoms with Gasteiger partial charge in [-0.2, -0.15) is 4.31 Å². The van der Waals surface area contributed by atoms with E-state index in [1.165, 1.54) is 41.6 Å². The van der Waals surface area contributed by atoms with Crippen molar-refractivity contribution in [3.05, 3.63) is 65.0 Å². The van der Waals surface area contributed by atoms with Crippen LogP contribution in [0.1, 0.15) is 28.4 Å². The Hall–Kier alpha value is -2.78. The Kier molecular flexibility index (Phi) is 6.52. The highest BCUT2D eigenvalue weighted by atomic mass is 32.2. The van der Waals surface area contributed by atoms with Crippen LogP contribution in [0.4, 0.5) is 4.39 Å². The van der Waals surface area contributed by atoms with Crippen LogP contribution in [-0.4, -0.2) is 55.6 Å². The van der Waals surface area contributed by atoms with Crippen molar-refractivity contribution >= 4 is 21.8 Å². The average molecular weight is 434 g/mol. The summed E-state index contributed by atoms with van der Waals surface area (Å²) in [5, 5.41) is 2.70. The lowest BCUT2D eigenvalue weighted by atomic mass is 10.1. The van der Waals surface area contributed by atoms with E-state index < -0.39 is 10.0 Å². The predicted molar refractivity (Wildman–Crippen MR) is 110 cm³/mol. The fourth-order valence-electron chi connectivity index (χ4n) is 3.20. The number of aryl methyl sites for hydroxylation is 1. The summed E-state index contributed by atoms with van der Waals surface area (Å²) in [5.41, 5.74) is 1.47.